The van der Waals surface area contributed by atoms with Crippen molar-refractivity contribution >= 4 is 54.8 Å². The SMILES string of the molecule is CC(C)C(NCc1cc(Br)c(Br)s1)c1ccc(Cl)cc1. The lowest BCUT2D eigenvalue weighted by molar-refractivity contribution is 0.412. The van der Waals surface area contributed by atoms with Crippen molar-refractivity contribution in [3.63, 3.8) is 0 Å². The van der Waals surface area contributed by atoms with Crippen LogP contribution in [0.25, 0.3) is 0 Å². The van der Waals surface area contributed by atoms with Gasteiger partial charge in [-0.2, -0.15) is 0 Å². The van der Waals surface area contributed by atoms with E-state index in [1.165, 1.54) is 10.4 Å². The molecule has 2 rings (SSSR count). The highest BCUT2D eigenvalue weighted by atomic mass is 79.9. The molecule has 2 aromatic rings. The second-order valence-electron chi connectivity index (χ2n) is 4.99. The molecule has 1 aromatic carbocycles. The van der Waals surface area contributed by atoms with E-state index in [1.54, 1.807) is 11.3 Å². The van der Waals surface area contributed by atoms with Gasteiger partial charge in [-0.25, -0.2) is 0 Å². The van der Waals surface area contributed by atoms with Crippen LogP contribution in [0, 0.1) is 5.92 Å². The van der Waals surface area contributed by atoms with E-state index in [0.717, 1.165) is 19.8 Å². The van der Waals surface area contributed by atoms with Crippen LogP contribution in [0.3, 0.4) is 0 Å². The van der Waals surface area contributed by atoms with Crippen LogP contribution < -0.4 is 5.32 Å². The summed E-state index contributed by atoms with van der Waals surface area (Å²) in [7, 11) is 0. The molecule has 108 valence electrons. The first-order chi connectivity index (χ1) is 9.47. The summed E-state index contributed by atoms with van der Waals surface area (Å²) in [5.74, 6) is 0.517. The molecule has 0 aliphatic carbocycles. The van der Waals surface area contributed by atoms with Gasteiger partial charge < -0.3 is 5.32 Å². The zero-order valence-electron chi connectivity index (χ0n) is 11.3. The highest BCUT2D eigenvalue weighted by Crippen LogP contribution is 2.33. The molecule has 0 aliphatic rings. The maximum absolute atomic E-state index is 5.96. The number of benzene rings is 1. The Morgan fingerprint density at radius 3 is 2.35 bits per heavy atom. The molecule has 0 fully saturated rings. The van der Waals surface area contributed by atoms with Crippen molar-refractivity contribution in [2.75, 3.05) is 0 Å². The fourth-order valence-electron chi connectivity index (χ4n) is 2.10. The minimum absolute atomic E-state index is 0.326. The quantitative estimate of drug-likeness (QED) is 0.570. The van der Waals surface area contributed by atoms with Gasteiger partial charge >= 0.3 is 0 Å². The molecule has 0 spiro atoms. The predicted molar refractivity (Wildman–Crippen MR) is 95.6 cm³/mol. The number of thiophene rings is 1. The van der Waals surface area contributed by atoms with E-state index in [1.807, 2.05) is 12.1 Å². The van der Waals surface area contributed by atoms with Gasteiger partial charge in [0.15, 0.2) is 0 Å². The Bertz CT molecular complexity index is 546. The monoisotopic (exact) mass is 435 g/mol. The summed E-state index contributed by atoms with van der Waals surface area (Å²) in [5, 5.41) is 4.42. The lowest BCUT2D eigenvalue weighted by Gasteiger charge is -2.22. The molecule has 0 radical (unpaired) electrons. The van der Waals surface area contributed by atoms with Crippen molar-refractivity contribution in [1.82, 2.24) is 5.32 Å². The van der Waals surface area contributed by atoms with E-state index >= 15 is 0 Å². The van der Waals surface area contributed by atoms with E-state index in [-0.39, 0.29) is 0 Å². The van der Waals surface area contributed by atoms with Crippen LogP contribution in [0.15, 0.2) is 38.6 Å². The number of hydrogen-bond donors (Lipinski definition) is 1. The summed E-state index contributed by atoms with van der Waals surface area (Å²) in [6, 6.07) is 10.6. The van der Waals surface area contributed by atoms with Gasteiger partial charge in [-0.3, -0.25) is 0 Å². The Morgan fingerprint density at radius 2 is 1.85 bits per heavy atom. The molecular formula is C15H16Br2ClNS. The second-order valence-corrected chi connectivity index (χ2v) is 8.73. The van der Waals surface area contributed by atoms with Gasteiger partial charge in [0.2, 0.25) is 0 Å². The predicted octanol–water partition coefficient (Wildman–Crippen LogP) is 6.41. The topological polar surface area (TPSA) is 12.0 Å². The van der Waals surface area contributed by atoms with Crippen LogP contribution in [-0.4, -0.2) is 0 Å². The lowest BCUT2D eigenvalue weighted by Crippen LogP contribution is -2.25. The molecule has 0 bridgehead atoms. The largest absolute Gasteiger partial charge is 0.305 e. The Kier molecular flexibility index (Phi) is 6.11. The van der Waals surface area contributed by atoms with E-state index in [2.05, 4.69) is 69.2 Å². The average molecular weight is 438 g/mol. The van der Waals surface area contributed by atoms with Crippen LogP contribution >= 0.6 is 54.8 Å². The summed E-state index contributed by atoms with van der Waals surface area (Å²) in [4.78, 5) is 1.31. The van der Waals surface area contributed by atoms with Crippen molar-refractivity contribution < 1.29 is 0 Å². The maximum atomic E-state index is 5.96. The van der Waals surface area contributed by atoms with Crippen molar-refractivity contribution in [3.8, 4) is 0 Å². The van der Waals surface area contributed by atoms with Crippen molar-refractivity contribution in [2.45, 2.75) is 26.4 Å². The van der Waals surface area contributed by atoms with E-state index in [9.17, 15) is 0 Å². The maximum Gasteiger partial charge on any atom is 0.0843 e. The fraction of sp³-hybridized carbons (Fsp3) is 0.333. The van der Waals surface area contributed by atoms with Crippen LogP contribution in [0.1, 0.15) is 30.3 Å². The summed E-state index contributed by atoms with van der Waals surface area (Å²) in [6.07, 6.45) is 0. The molecule has 1 heterocycles. The van der Waals surface area contributed by atoms with Crippen LogP contribution in [0.5, 0.6) is 0 Å². The first-order valence-electron chi connectivity index (χ1n) is 6.40. The molecule has 0 aliphatic heterocycles. The molecule has 0 saturated heterocycles. The summed E-state index contributed by atoms with van der Waals surface area (Å²) in [6.45, 7) is 5.32. The number of rotatable bonds is 5. The molecule has 5 heteroatoms. The summed E-state index contributed by atoms with van der Waals surface area (Å²) < 4.78 is 2.26. The molecule has 20 heavy (non-hydrogen) atoms. The third-order valence-corrected chi connectivity index (χ3v) is 6.60. The number of nitrogens with one attached hydrogen (secondary N) is 1. The lowest BCUT2D eigenvalue weighted by atomic mass is 9.96. The van der Waals surface area contributed by atoms with Gasteiger partial charge in [0.1, 0.15) is 0 Å². The molecule has 1 atom stereocenters. The van der Waals surface area contributed by atoms with Gasteiger partial charge in [-0.1, -0.05) is 37.6 Å². The second kappa shape index (κ2) is 7.41. The van der Waals surface area contributed by atoms with Crippen molar-refractivity contribution in [3.05, 3.63) is 54.1 Å². The summed E-state index contributed by atoms with van der Waals surface area (Å²) in [5.41, 5.74) is 1.28. The zero-order chi connectivity index (χ0) is 14.7. The van der Waals surface area contributed by atoms with Gasteiger partial charge in [-0.15, -0.1) is 11.3 Å². The highest BCUT2D eigenvalue weighted by Gasteiger charge is 2.16. The number of halogens is 3. The molecule has 1 N–H and O–H groups in total. The van der Waals surface area contributed by atoms with Gasteiger partial charge in [0, 0.05) is 27.0 Å². The average Bonchev–Trinajstić information content (AvgIpc) is 2.71. The first-order valence-corrected chi connectivity index (χ1v) is 9.18. The Morgan fingerprint density at radius 1 is 1.20 bits per heavy atom. The number of hydrogen-bond acceptors (Lipinski definition) is 2. The van der Waals surface area contributed by atoms with Gasteiger partial charge in [0.05, 0.1) is 3.79 Å². The molecule has 1 unspecified atom stereocenters. The fourth-order valence-corrected chi connectivity index (χ4v) is 4.35. The van der Waals surface area contributed by atoms with Crippen LogP contribution in [-0.2, 0) is 6.54 Å². The Balaban J connectivity index is 2.08. The molecular weight excluding hydrogens is 422 g/mol. The molecule has 1 nitrogen and oxygen atoms in total. The van der Waals surface area contributed by atoms with E-state index < -0.39 is 0 Å². The van der Waals surface area contributed by atoms with Gasteiger partial charge in [-0.05, 0) is 61.5 Å². The molecule has 1 aromatic heterocycles. The smallest absolute Gasteiger partial charge is 0.0843 e. The van der Waals surface area contributed by atoms with Crippen molar-refractivity contribution in [2.24, 2.45) is 5.92 Å². The van der Waals surface area contributed by atoms with E-state index in [4.69, 9.17) is 11.6 Å². The summed E-state index contributed by atoms with van der Waals surface area (Å²) >= 11 is 14.8. The highest BCUT2D eigenvalue weighted by molar-refractivity contribution is 9.13. The third kappa shape index (κ3) is 4.31. The van der Waals surface area contributed by atoms with Crippen LogP contribution in [0.2, 0.25) is 5.02 Å². The normalized spacial score (nSPS) is 12.9. The minimum atomic E-state index is 0.326. The van der Waals surface area contributed by atoms with E-state index in [0.29, 0.717) is 12.0 Å². The Labute approximate surface area is 146 Å². The molecule has 0 amide bonds. The van der Waals surface area contributed by atoms with Crippen molar-refractivity contribution in [1.29, 1.82) is 0 Å². The Hall–Kier alpha value is 0.130. The van der Waals surface area contributed by atoms with Gasteiger partial charge in [0.25, 0.3) is 0 Å². The molecule has 0 saturated carbocycles. The van der Waals surface area contributed by atoms with Crippen LogP contribution in [0.4, 0.5) is 0 Å². The zero-order valence-corrected chi connectivity index (χ0v) is 16.0. The third-order valence-electron chi connectivity index (χ3n) is 3.09. The first kappa shape index (κ1) is 16.5. The minimum Gasteiger partial charge on any atom is -0.305 e. The standard InChI is InChI=1S/C15H16Br2ClNS/c1-9(2)14(10-3-5-11(18)6-4-10)19-8-12-7-13(16)15(17)20-12/h3-7,9,14,19H,8H2,1-2H3.